The lowest BCUT2D eigenvalue weighted by molar-refractivity contribution is 0.477. The first-order valence-corrected chi connectivity index (χ1v) is 3.34. The Kier molecular flexibility index (Phi) is 2.49. The summed E-state index contributed by atoms with van der Waals surface area (Å²) >= 11 is 5.42. The molecule has 0 saturated carbocycles. The molecule has 0 radical (unpaired) electrons. The van der Waals surface area contributed by atoms with Crippen molar-refractivity contribution >= 4 is 11.6 Å². The minimum absolute atomic E-state index is 0.0846. The van der Waals surface area contributed by atoms with E-state index in [0.29, 0.717) is 5.75 Å². The Hall–Kier alpha value is -1.02. The van der Waals surface area contributed by atoms with E-state index in [1.165, 1.54) is 18.4 Å². The summed E-state index contributed by atoms with van der Waals surface area (Å²) in [5.74, 6) is -0.104. The van der Waals surface area contributed by atoms with E-state index in [2.05, 4.69) is 6.58 Å². The Morgan fingerprint density at radius 3 is 2.82 bits per heavy atom. The number of hydrogen-bond donors (Lipinski definition) is 0. The summed E-state index contributed by atoms with van der Waals surface area (Å²) in [7, 11) is 0. The molecule has 3 heteroatoms. The average Bonchev–Trinajstić information content (AvgIpc) is 1.98. The minimum Gasteiger partial charge on any atom is -0.466 e. The summed E-state index contributed by atoms with van der Waals surface area (Å²) in [5, 5.41) is 0.0846. The third-order valence-corrected chi connectivity index (χ3v) is 1.42. The zero-order valence-corrected chi connectivity index (χ0v) is 6.44. The number of halogens is 2. The van der Waals surface area contributed by atoms with E-state index in [9.17, 15) is 4.39 Å². The Balaban J connectivity index is 2.95. The van der Waals surface area contributed by atoms with Crippen LogP contribution >= 0.6 is 11.6 Å². The van der Waals surface area contributed by atoms with Crippen LogP contribution in [0.15, 0.2) is 31.0 Å². The van der Waals surface area contributed by atoms with E-state index in [0.717, 1.165) is 0 Å². The highest BCUT2D eigenvalue weighted by Crippen LogP contribution is 2.20. The lowest BCUT2D eigenvalue weighted by atomic mass is 10.3. The van der Waals surface area contributed by atoms with Crippen LogP contribution in [0, 0.1) is 5.82 Å². The second kappa shape index (κ2) is 3.39. The van der Waals surface area contributed by atoms with Crippen molar-refractivity contribution in [1.29, 1.82) is 0 Å². The molecular formula is C8H6ClFO. The van der Waals surface area contributed by atoms with Gasteiger partial charge in [-0.2, -0.15) is 0 Å². The van der Waals surface area contributed by atoms with E-state index in [1.54, 1.807) is 6.07 Å². The van der Waals surface area contributed by atoms with Gasteiger partial charge < -0.3 is 4.74 Å². The predicted octanol–water partition coefficient (Wildman–Crippen LogP) is 3.00. The van der Waals surface area contributed by atoms with Crippen molar-refractivity contribution in [3.05, 3.63) is 41.9 Å². The first kappa shape index (κ1) is 8.08. The summed E-state index contributed by atoms with van der Waals surface area (Å²) in [4.78, 5) is 0. The summed E-state index contributed by atoms with van der Waals surface area (Å²) < 4.78 is 17.5. The Bertz CT molecular complexity index is 273. The largest absolute Gasteiger partial charge is 0.466 e. The highest BCUT2D eigenvalue weighted by atomic mass is 35.5. The smallest absolute Gasteiger partial charge is 0.145 e. The maximum atomic E-state index is 12.7. The molecule has 1 nitrogen and oxygen atoms in total. The van der Waals surface area contributed by atoms with Crippen LogP contribution in [-0.2, 0) is 0 Å². The average molecular weight is 173 g/mol. The van der Waals surface area contributed by atoms with Crippen LogP contribution in [0.25, 0.3) is 0 Å². The van der Waals surface area contributed by atoms with Crippen LogP contribution in [0.2, 0.25) is 5.02 Å². The molecule has 58 valence electrons. The maximum absolute atomic E-state index is 12.7. The van der Waals surface area contributed by atoms with Crippen LogP contribution in [0.4, 0.5) is 4.39 Å². The van der Waals surface area contributed by atoms with Gasteiger partial charge in [0, 0.05) is 6.07 Å². The fourth-order valence-electron chi connectivity index (χ4n) is 0.646. The molecule has 11 heavy (non-hydrogen) atoms. The molecule has 0 aromatic heterocycles. The molecule has 0 aliphatic heterocycles. The van der Waals surface area contributed by atoms with E-state index in [4.69, 9.17) is 16.3 Å². The molecule has 0 amide bonds. The Labute approximate surface area is 69.1 Å². The van der Waals surface area contributed by atoms with Crippen molar-refractivity contribution in [1.82, 2.24) is 0 Å². The van der Waals surface area contributed by atoms with Gasteiger partial charge in [-0.15, -0.1) is 0 Å². The molecule has 1 aromatic rings. The normalized spacial score (nSPS) is 9.27. The van der Waals surface area contributed by atoms with Crippen molar-refractivity contribution in [2.75, 3.05) is 0 Å². The Morgan fingerprint density at radius 2 is 2.27 bits per heavy atom. The molecule has 0 bridgehead atoms. The molecule has 0 spiro atoms. The molecular weight excluding hydrogens is 167 g/mol. The fourth-order valence-corrected chi connectivity index (χ4v) is 0.764. The molecule has 0 fully saturated rings. The van der Waals surface area contributed by atoms with Gasteiger partial charge in [-0.05, 0) is 12.1 Å². The van der Waals surface area contributed by atoms with Gasteiger partial charge in [-0.1, -0.05) is 18.2 Å². The van der Waals surface area contributed by atoms with Crippen molar-refractivity contribution < 1.29 is 9.13 Å². The van der Waals surface area contributed by atoms with Gasteiger partial charge in [-0.3, -0.25) is 0 Å². The van der Waals surface area contributed by atoms with Gasteiger partial charge in [0.05, 0.1) is 11.3 Å². The van der Waals surface area contributed by atoms with Crippen LogP contribution < -0.4 is 4.74 Å². The molecule has 0 aliphatic rings. The number of ether oxygens (including phenoxy) is 1. The van der Waals surface area contributed by atoms with Crippen molar-refractivity contribution in [2.45, 2.75) is 0 Å². The zero-order chi connectivity index (χ0) is 8.27. The van der Waals surface area contributed by atoms with E-state index >= 15 is 0 Å². The predicted molar refractivity (Wildman–Crippen MR) is 42.2 cm³/mol. The lowest BCUT2D eigenvalue weighted by Gasteiger charge is -1.99. The molecule has 0 unspecified atom stereocenters. The van der Waals surface area contributed by atoms with E-state index in [-0.39, 0.29) is 5.02 Å². The highest BCUT2D eigenvalue weighted by Gasteiger charge is 1.99. The second-order valence-electron chi connectivity index (χ2n) is 1.86. The van der Waals surface area contributed by atoms with Gasteiger partial charge in [0.15, 0.2) is 0 Å². The zero-order valence-electron chi connectivity index (χ0n) is 5.68. The number of benzene rings is 1. The monoisotopic (exact) mass is 172 g/mol. The van der Waals surface area contributed by atoms with Crippen LogP contribution in [0.1, 0.15) is 0 Å². The summed E-state index contributed by atoms with van der Waals surface area (Å²) in [6, 6.07) is 4.19. The molecule has 0 saturated heterocycles. The van der Waals surface area contributed by atoms with Crippen LogP contribution in [0.5, 0.6) is 5.75 Å². The third kappa shape index (κ3) is 1.95. The van der Waals surface area contributed by atoms with Gasteiger partial charge in [0.2, 0.25) is 0 Å². The molecule has 0 aliphatic carbocycles. The van der Waals surface area contributed by atoms with Crippen molar-refractivity contribution in [3.8, 4) is 5.75 Å². The molecule has 1 aromatic carbocycles. The van der Waals surface area contributed by atoms with Gasteiger partial charge in [-0.25, -0.2) is 4.39 Å². The van der Waals surface area contributed by atoms with Gasteiger partial charge >= 0.3 is 0 Å². The van der Waals surface area contributed by atoms with Gasteiger partial charge in [0.1, 0.15) is 11.6 Å². The van der Waals surface area contributed by atoms with E-state index in [1.807, 2.05) is 0 Å². The van der Waals surface area contributed by atoms with Crippen LogP contribution in [0.3, 0.4) is 0 Å². The Morgan fingerprint density at radius 1 is 1.55 bits per heavy atom. The SMILES string of the molecule is C=COc1ccc(Cl)c(F)c1. The first-order chi connectivity index (χ1) is 5.24. The highest BCUT2D eigenvalue weighted by molar-refractivity contribution is 6.30. The van der Waals surface area contributed by atoms with Gasteiger partial charge in [0.25, 0.3) is 0 Å². The molecule has 0 N–H and O–H groups in total. The topological polar surface area (TPSA) is 9.23 Å². The summed E-state index contributed by atoms with van der Waals surface area (Å²) in [5.41, 5.74) is 0. The van der Waals surface area contributed by atoms with Crippen molar-refractivity contribution in [3.63, 3.8) is 0 Å². The maximum Gasteiger partial charge on any atom is 0.145 e. The first-order valence-electron chi connectivity index (χ1n) is 2.96. The van der Waals surface area contributed by atoms with E-state index < -0.39 is 5.82 Å². The standard InChI is InChI=1S/C8H6ClFO/c1-2-11-6-3-4-7(9)8(10)5-6/h2-5H,1H2. The molecule has 1 rings (SSSR count). The lowest BCUT2D eigenvalue weighted by Crippen LogP contribution is -1.82. The van der Waals surface area contributed by atoms with Crippen LogP contribution in [-0.4, -0.2) is 0 Å². The quantitative estimate of drug-likeness (QED) is 0.624. The fraction of sp³-hybridized carbons (Fsp3) is 0. The summed E-state index contributed by atoms with van der Waals surface area (Å²) in [6.07, 6.45) is 1.22. The summed E-state index contributed by atoms with van der Waals surface area (Å²) in [6.45, 7) is 3.33. The second-order valence-corrected chi connectivity index (χ2v) is 2.27. The molecule has 0 atom stereocenters. The number of hydrogen-bond acceptors (Lipinski definition) is 1. The van der Waals surface area contributed by atoms with Crippen molar-refractivity contribution in [2.24, 2.45) is 0 Å². The number of rotatable bonds is 2. The minimum atomic E-state index is -0.494. The molecule has 0 heterocycles. The third-order valence-electron chi connectivity index (χ3n) is 1.11.